The van der Waals surface area contributed by atoms with E-state index in [0.29, 0.717) is 33.5 Å². The molecule has 3 rings (SSSR count). The van der Waals surface area contributed by atoms with Crippen molar-refractivity contribution < 1.29 is 18.0 Å². The predicted molar refractivity (Wildman–Crippen MR) is 161 cm³/mol. The number of anilines is 1. The molecule has 2 amide bonds. The summed E-state index contributed by atoms with van der Waals surface area (Å²) in [5.74, 6) is -0.924. The van der Waals surface area contributed by atoms with Gasteiger partial charge in [0.2, 0.25) is 11.8 Å². The molecule has 11 heteroatoms. The molecule has 3 aromatic rings. The molecule has 0 aliphatic heterocycles. The summed E-state index contributed by atoms with van der Waals surface area (Å²) in [5, 5.41) is 4.00. The molecule has 1 N–H and O–H groups in total. The van der Waals surface area contributed by atoms with Crippen molar-refractivity contribution >= 4 is 62.3 Å². The van der Waals surface area contributed by atoms with Crippen LogP contribution in [0.25, 0.3) is 0 Å². The lowest BCUT2D eigenvalue weighted by atomic mass is 10.1. The maximum atomic E-state index is 14.1. The highest BCUT2D eigenvalue weighted by molar-refractivity contribution is 7.92. The van der Waals surface area contributed by atoms with Crippen molar-refractivity contribution in [3.05, 3.63) is 93.4 Å². The van der Waals surface area contributed by atoms with Crippen molar-refractivity contribution in [1.82, 2.24) is 10.2 Å². The van der Waals surface area contributed by atoms with E-state index in [4.69, 9.17) is 34.8 Å². The van der Waals surface area contributed by atoms with Crippen molar-refractivity contribution in [2.75, 3.05) is 10.8 Å². The van der Waals surface area contributed by atoms with E-state index < -0.39 is 28.5 Å². The largest absolute Gasteiger partial charge is 0.352 e. The van der Waals surface area contributed by atoms with Crippen molar-refractivity contribution in [1.29, 1.82) is 0 Å². The van der Waals surface area contributed by atoms with E-state index in [2.05, 4.69) is 5.32 Å². The number of sulfonamides is 1. The van der Waals surface area contributed by atoms with E-state index in [1.807, 2.05) is 13.8 Å². The first-order chi connectivity index (χ1) is 19.0. The van der Waals surface area contributed by atoms with Crippen LogP contribution in [0.5, 0.6) is 0 Å². The van der Waals surface area contributed by atoms with Gasteiger partial charge in [0.1, 0.15) is 12.6 Å². The second kappa shape index (κ2) is 14.2. The van der Waals surface area contributed by atoms with Gasteiger partial charge in [-0.3, -0.25) is 13.9 Å². The molecule has 0 saturated carbocycles. The van der Waals surface area contributed by atoms with Crippen molar-refractivity contribution in [2.45, 2.75) is 57.1 Å². The predicted octanol–water partition coefficient (Wildman–Crippen LogP) is 6.56. The molecule has 0 fully saturated rings. The Bertz CT molecular complexity index is 1440. The normalized spacial score (nSPS) is 12.8. The Morgan fingerprint density at radius 2 is 1.55 bits per heavy atom. The highest BCUT2D eigenvalue weighted by atomic mass is 35.5. The van der Waals surface area contributed by atoms with Gasteiger partial charge in [0.25, 0.3) is 10.0 Å². The number of carbonyl (C=O) groups excluding carboxylic acids is 2. The van der Waals surface area contributed by atoms with Gasteiger partial charge < -0.3 is 10.2 Å². The summed E-state index contributed by atoms with van der Waals surface area (Å²) in [6, 6.07) is 18.0. The summed E-state index contributed by atoms with van der Waals surface area (Å²) in [7, 11) is -4.18. The van der Waals surface area contributed by atoms with Gasteiger partial charge in [-0.1, -0.05) is 79.0 Å². The summed E-state index contributed by atoms with van der Waals surface area (Å²) in [6.45, 7) is 5.01. The number of amides is 2. The van der Waals surface area contributed by atoms with Crippen molar-refractivity contribution in [3.63, 3.8) is 0 Å². The van der Waals surface area contributed by atoms with Gasteiger partial charge in [0.15, 0.2) is 0 Å². The van der Waals surface area contributed by atoms with Crippen LogP contribution in [0.2, 0.25) is 15.1 Å². The molecule has 0 aliphatic rings. The van der Waals surface area contributed by atoms with Crippen LogP contribution in [0.3, 0.4) is 0 Å². The molecule has 0 radical (unpaired) electrons. The third-order valence-corrected chi connectivity index (χ3v) is 9.06. The summed E-state index contributed by atoms with van der Waals surface area (Å²) >= 11 is 18.7. The number of carbonyl (C=O) groups is 2. The minimum Gasteiger partial charge on any atom is -0.352 e. The number of benzene rings is 3. The zero-order chi connectivity index (χ0) is 29.4. The van der Waals surface area contributed by atoms with E-state index >= 15 is 0 Å². The number of hydrogen-bond acceptors (Lipinski definition) is 4. The molecular formula is C29H32Cl3N3O4S. The van der Waals surface area contributed by atoms with Crippen LogP contribution in [0.15, 0.2) is 77.7 Å². The second-order valence-electron chi connectivity index (χ2n) is 9.30. The van der Waals surface area contributed by atoms with Crippen LogP contribution < -0.4 is 9.62 Å². The highest BCUT2D eigenvalue weighted by Gasteiger charge is 2.34. The Morgan fingerprint density at radius 1 is 0.875 bits per heavy atom. The Balaban J connectivity index is 2.07. The van der Waals surface area contributed by atoms with Crippen molar-refractivity contribution in [2.24, 2.45) is 0 Å². The van der Waals surface area contributed by atoms with E-state index in [9.17, 15) is 18.0 Å². The molecule has 0 bridgehead atoms. The monoisotopic (exact) mass is 623 g/mol. The first-order valence-corrected chi connectivity index (χ1v) is 15.4. The molecule has 7 nitrogen and oxygen atoms in total. The van der Waals surface area contributed by atoms with E-state index in [1.165, 1.54) is 23.1 Å². The molecule has 0 spiro atoms. The Kier molecular flexibility index (Phi) is 11.3. The molecule has 0 aliphatic carbocycles. The fraction of sp³-hybridized carbons (Fsp3) is 0.310. The average molecular weight is 625 g/mol. The van der Waals surface area contributed by atoms with Crippen molar-refractivity contribution in [3.8, 4) is 0 Å². The molecule has 40 heavy (non-hydrogen) atoms. The number of nitrogens with one attached hydrogen (secondary N) is 1. The lowest BCUT2D eigenvalue weighted by molar-refractivity contribution is -0.140. The van der Waals surface area contributed by atoms with Gasteiger partial charge in [-0.25, -0.2) is 8.42 Å². The summed E-state index contributed by atoms with van der Waals surface area (Å²) in [4.78, 5) is 28.8. The van der Waals surface area contributed by atoms with Crippen LogP contribution in [0.1, 0.15) is 39.2 Å². The van der Waals surface area contributed by atoms with E-state index in [0.717, 1.165) is 4.31 Å². The summed E-state index contributed by atoms with van der Waals surface area (Å²) in [5.41, 5.74) is 0.778. The van der Waals surface area contributed by atoms with Gasteiger partial charge in [-0.05, 0) is 67.8 Å². The Morgan fingerprint density at radius 3 is 2.15 bits per heavy atom. The maximum Gasteiger partial charge on any atom is 0.264 e. The van der Waals surface area contributed by atoms with E-state index in [-0.39, 0.29) is 29.1 Å². The molecular weight excluding hydrogens is 593 g/mol. The SMILES string of the molecule is CC[C@@H](C)NC(=O)[C@@H](CC)N(Cc1ccc(Cl)cc1Cl)C(=O)CN(c1cccc(Cl)c1)S(=O)(=O)c1ccccc1. The third-order valence-electron chi connectivity index (χ3n) is 6.45. The topological polar surface area (TPSA) is 86.8 Å². The van der Waals surface area contributed by atoms with Crippen LogP contribution in [-0.4, -0.2) is 43.8 Å². The molecule has 2 atom stereocenters. The number of nitrogens with zero attached hydrogens (tertiary/aromatic N) is 2. The lowest BCUT2D eigenvalue weighted by Gasteiger charge is -2.34. The maximum absolute atomic E-state index is 14.1. The molecule has 0 aromatic heterocycles. The molecule has 0 unspecified atom stereocenters. The highest BCUT2D eigenvalue weighted by Crippen LogP contribution is 2.28. The standard InChI is InChI=1S/C29H32Cl3N3O4S/c1-4-20(3)33-29(37)27(5-2)34(18-21-14-15-23(31)17-26(21)32)28(36)19-35(24-11-9-10-22(30)16-24)40(38,39)25-12-7-6-8-13-25/h6-17,20,27H,4-5,18-19H2,1-3H3,(H,33,37)/t20-,27-/m1/s1. The Labute approximate surface area is 251 Å². The minimum absolute atomic E-state index is 0.0108. The minimum atomic E-state index is -4.18. The first kappa shape index (κ1) is 31.7. The van der Waals surface area contributed by atoms with Gasteiger partial charge in [0.05, 0.1) is 10.6 Å². The average Bonchev–Trinajstić information content (AvgIpc) is 2.92. The fourth-order valence-electron chi connectivity index (χ4n) is 4.07. The van der Waals surface area contributed by atoms with Gasteiger partial charge in [0, 0.05) is 27.7 Å². The number of rotatable bonds is 12. The molecule has 0 saturated heterocycles. The first-order valence-electron chi connectivity index (χ1n) is 12.8. The van der Waals surface area contributed by atoms with Crippen LogP contribution >= 0.6 is 34.8 Å². The quantitative estimate of drug-likeness (QED) is 0.247. The molecule has 0 heterocycles. The second-order valence-corrected chi connectivity index (χ2v) is 12.4. The number of halogens is 3. The molecule has 3 aromatic carbocycles. The fourth-order valence-corrected chi connectivity index (χ4v) is 6.15. The zero-order valence-electron chi connectivity index (χ0n) is 22.5. The van der Waals surface area contributed by atoms with Crippen LogP contribution in [-0.2, 0) is 26.2 Å². The lowest BCUT2D eigenvalue weighted by Crippen LogP contribution is -2.53. The van der Waals surface area contributed by atoms with Crippen LogP contribution in [0, 0.1) is 0 Å². The van der Waals surface area contributed by atoms with E-state index in [1.54, 1.807) is 61.5 Å². The molecule has 214 valence electrons. The van der Waals surface area contributed by atoms with Crippen LogP contribution in [0.4, 0.5) is 5.69 Å². The van der Waals surface area contributed by atoms with Gasteiger partial charge in [-0.2, -0.15) is 0 Å². The third kappa shape index (κ3) is 7.91. The zero-order valence-corrected chi connectivity index (χ0v) is 25.6. The number of hydrogen-bond donors (Lipinski definition) is 1. The summed E-state index contributed by atoms with van der Waals surface area (Å²) in [6.07, 6.45) is 0.999. The smallest absolute Gasteiger partial charge is 0.264 e. The van der Waals surface area contributed by atoms with Gasteiger partial charge >= 0.3 is 0 Å². The van der Waals surface area contributed by atoms with Gasteiger partial charge in [-0.15, -0.1) is 0 Å². The Hall–Kier alpha value is -2.78. The summed E-state index contributed by atoms with van der Waals surface area (Å²) < 4.78 is 28.6.